The molecule has 0 unspecified atom stereocenters. The number of carboxylic acids is 1. The lowest BCUT2D eigenvalue weighted by Crippen LogP contribution is -2.43. The Morgan fingerprint density at radius 1 is 1.29 bits per heavy atom. The van der Waals surface area contributed by atoms with Crippen molar-refractivity contribution in [2.24, 2.45) is 0 Å². The van der Waals surface area contributed by atoms with E-state index in [0.29, 0.717) is 30.3 Å². The summed E-state index contributed by atoms with van der Waals surface area (Å²) >= 11 is 0. The molecule has 0 aliphatic carbocycles. The molecular formula is C16H20N4O4. The van der Waals surface area contributed by atoms with Gasteiger partial charge in [0.25, 0.3) is 0 Å². The number of nitrogens with zero attached hydrogens (tertiary/aromatic N) is 3. The topological polar surface area (TPSA) is 118 Å². The lowest BCUT2D eigenvalue weighted by molar-refractivity contribution is -0.137. The van der Waals surface area contributed by atoms with Crippen LogP contribution in [0.15, 0.2) is 28.9 Å². The summed E-state index contributed by atoms with van der Waals surface area (Å²) in [4.78, 5) is 30.9. The number of nitrogens with one attached hydrogen (secondary N) is 1. The zero-order chi connectivity index (χ0) is 17.6. The van der Waals surface area contributed by atoms with Gasteiger partial charge in [-0.25, -0.2) is 0 Å². The van der Waals surface area contributed by atoms with Crippen LogP contribution in [0.25, 0.3) is 11.5 Å². The number of rotatable bonds is 8. The van der Waals surface area contributed by atoms with Gasteiger partial charge in [0, 0.05) is 31.0 Å². The first-order valence-electron chi connectivity index (χ1n) is 7.62. The first-order valence-corrected chi connectivity index (χ1v) is 7.62. The van der Waals surface area contributed by atoms with E-state index in [9.17, 15) is 9.59 Å². The van der Waals surface area contributed by atoms with Crippen molar-refractivity contribution in [2.45, 2.75) is 45.1 Å². The summed E-state index contributed by atoms with van der Waals surface area (Å²) in [5, 5.41) is 15.4. The van der Waals surface area contributed by atoms with Crippen LogP contribution in [-0.2, 0) is 16.0 Å². The second kappa shape index (κ2) is 7.67. The Bertz CT molecular complexity index is 697. The number of aromatic nitrogens is 3. The third-order valence-corrected chi connectivity index (χ3v) is 3.37. The first kappa shape index (κ1) is 17.6. The lowest BCUT2D eigenvalue weighted by atomic mass is 9.98. The number of hydrogen-bond donors (Lipinski definition) is 2. The van der Waals surface area contributed by atoms with Crippen molar-refractivity contribution in [2.75, 3.05) is 0 Å². The van der Waals surface area contributed by atoms with E-state index in [2.05, 4.69) is 20.4 Å². The molecule has 0 radical (unpaired) electrons. The van der Waals surface area contributed by atoms with Crippen molar-refractivity contribution < 1.29 is 19.2 Å². The van der Waals surface area contributed by atoms with Gasteiger partial charge in [-0.15, -0.1) is 0 Å². The molecule has 0 aliphatic rings. The molecule has 2 rings (SSSR count). The second-order valence-corrected chi connectivity index (χ2v) is 6.05. The van der Waals surface area contributed by atoms with Crippen LogP contribution in [0.5, 0.6) is 0 Å². The fraction of sp³-hybridized carbons (Fsp3) is 0.438. The predicted octanol–water partition coefficient (Wildman–Crippen LogP) is 1.82. The molecule has 2 N–H and O–H groups in total. The van der Waals surface area contributed by atoms with Crippen LogP contribution in [0.4, 0.5) is 0 Å². The van der Waals surface area contributed by atoms with Crippen molar-refractivity contribution >= 4 is 11.9 Å². The van der Waals surface area contributed by atoms with Gasteiger partial charge in [0.05, 0.1) is 0 Å². The molecule has 128 valence electrons. The summed E-state index contributed by atoms with van der Waals surface area (Å²) in [5.41, 5.74) is 0.0236. The minimum atomic E-state index is -0.884. The molecule has 24 heavy (non-hydrogen) atoms. The first-order chi connectivity index (χ1) is 11.4. The Morgan fingerprint density at radius 3 is 2.75 bits per heavy atom. The summed E-state index contributed by atoms with van der Waals surface area (Å²) in [6.45, 7) is 3.58. The van der Waals surface area contributed by atoms with Crippen LogP contribution >= 0.6 is 0 Å². The van der Waals surface area contributed by atoms with Gasteiger partial charge in [-0.05, 0) is 32.4 Å². The third-order valence-electron chi connectivity index (χ3n) is 3.37. The summed E-state index contributed by atoms with van der Waals surface area (Å²) in [6.07, 6.45) is 2.49. The molecule has 0 aliphatic heterocycles. The molecule has 0 bridgehead atoms. The molecule has 0 atom stereocenters. The highest BCUT2D eigenvalue weighted by atomic mass is 16.5. The SMILES string of the molecule is CC(C)(CCC(=O)O)NC(=O)CCc1nc(-c2ccccn2)no1. The Kier molecular flexibility index (Phi) is 5.62. The highest BCUT2D eigenvalue weighted by molar-refractivity contribution is 5.77. The van der Waals surface area contributed by atoms with E-state index in [1.54, 1.807) is 32.2 Å². The molecule has 2 heterocycles. The summed E-state index contributed by atoms with van der Waals surface area (Å²) < 4.78 is 5.12. The second-order valence-electron chi connectivity index (χ2n) is 6.05. The highest BCUT2D eigenvalue weighted by Crippen LogP contribution is 2.14. The van der Waals surface area contributed by atoms with E-state index in [0.717, 1.165) is 0 Å². The van der Waals surface area contributed by atoms with Crippen LogP contribution in [-0.4, -0.2) is 37.6 Å². The van der Waals surface area contributed by atoms with E-state index in [4.69, 9.17) is 9.63 Å². The molecule has 8 heteroatoms. The molecule has 1 amide bonds. The predicted molar refractivity (Wildman–Crippen MR) is 84.9 cm³/mol. The number of pyridine rings is 1. The average molecular weight is 332 g/mol. The summed E-state index contributed by atoms with van der Waals surface area (Å²) in [7, 11) is 0. The van der Waals surface area contributed by atoms with Crippen molar-refractivity contribution in [3.05, 3.63) is 30.3 Å². The lowest BCUT2D eigenvalue weighted by Gasteiger charge is -2.25. The van der Waals surface area contributed by atoms with Gasteiger partial charge in [-0.3, -0.25) is 14.6 Å². The molecule has 0 saturated carbocycles. The maximum atomic E-state index is 12.0. The van der Waals surface area contributed by atoms with Crippen molar-refractivity contribution in [1.29, 1.82) is 0 Å². The summed E-state index contributed by atoms with van der Waals surface area (Å²) in [6, 6.07) is 5.39. The fourth-order valence-corrected chi connectivity index (χ4v) is 2.10. The normalized spacial score (nSPS) is 11.2. The van der Waals surface area contributed by atoms with Crippen LogP contribution in [0.3, 0.4) is 0 Å². The number of aliphatic carboxylic acids is 1. The molecule has 8 nitrogen and oxygen atoms in total. The number of amides is 1. The van der Waals surface area contributed by atoms with E-state index in [-0.39, 0.29) is 18.7 Å². The van der Waals surface area contributed by atoms with Crippen LogP contribution < -0.4 is 5.32 Å². The minimum Gasteiger partial charge on any atom is -0.481 e. The van der Waals surface area contributed by atoms with Gasteiger partial charge in [0.1, 0.15) is 5.69 Å². The molecule has 2 aromatic heterocycles. The zero-order valence-electron chi connectivity index (χ0n) is 13.7. The molecule has 2 aromatic rings. The van der Waals surface area contributed by atoms with Gasteiger partial charge in [-0.1, -0.05) is 11.2 Å². The number of carbonyl (C=O) groups excluding carboxylic acids is 1. The van der Waals surface area contributed by atoms with Crippen molar-refractivity contribution in [3.63, 3.8) is 0 Å². The molecule has 0 spiro atoms. The summed E-state index contributed by atoms with van der Waals surface area (Å²) in [5.74, 6) is -0.338. The Balaban J connectivity index is 1.84. The quantitative estimate of drug-likeness (QED) is 0.757. The van der Waals surface area contributed by atoms with E-state index in [1.165, 1.54) is 0 Å². The van der Waals surface area contributed by atoms with Crippen molar-refractivity contribution in [3.8, 4) is 11.5 Å². The third kappa shape index (κ3) is 5.45. The molecule has 0 aromatic carbocycles. The smallest absolute Gasteiger partial charge is 0.303 e. The van der Waals surface area contributed by atoms with Crippen LogP contribution in [0.2, 0.25) is 0 Å². The standard InChI is InChI=1S/C16H20N4O4/c1-16(2,9-8-14(22)23)19-12(21)6-7-13-18-15(20-24-13)11-5-3-4-10-17-11/h3-5,10H,6-9H2,1-2H3,(H,19,21)(H,22,23). The number of carbonyl (C=O) groups is 2. The van der Waals surface area contributed by atoms with Crippen LogP contribution in [0, 0.1) is 0 Å². The molecule has 0 fully saturated rings. The van der Waals surface area contributed by atoms with Crippen molar-refractivity contribution in [1.82, 2.24) is 20.4 Å². The molecular weight excluding hydrogens is 312 g/mol. The Morgan fingerprint density at radius 2 is 2.08 bits per heavy atom. The van der Waals surface area contributed by atoms with Gasteiger partial charge < -0.3 is 14.9 Å². The number of carboxylic acid groups (broad SMARTS) is 1. The fourth-order valence-electron chi connectivity index (χ4n) is 2.10. The largest absolute Gasteiger partial charge is 0.481 e. The van der Waals surface area contributed by atoms with Gasteiger partial charge in [-0.2, -0.15) is 4.98 Å². The number of aryl methyl sites for hydroxylation is 1. The molecule has 0 saturated heterocycles. The minimum absolute atomic E-state index is 0.00434. The Hall–Kier alpha value is -2.77. The van der Waals surface area contributed by atoms with Gasteiger partial charge in [0.2, 0.25) is 17.6 Å². The maximum Gasteiger partial charge on any atom is 0.303 e. The Labute approximate surface area is 139 Å². The highest BCUT2D eigenvalue weighted by Gasteiger charge is 2.21. The average Bonchev–Trinajstić information content (AvgIpc) is 3.01. The maximum absolute atomic E-state index is 12.0. The zero-order valence-corrected chi connectivity index (χ0v) is 13.7. The monoisotopic (exact) mass is 332 g/mol. The van der Waals surface area contributed by atoms with E-state index in [1.807, 2.05) is 6.07 Å². The number of hydrogen-bond acceptors (Lipinski definition) is 6. The van der Waals surface area contributed by atoms with Gasteiger partial charge in [0.15, 0.2) is 0 Å². The van der Waals surface area contributed by atoms with Crippen LogP contribution in [0.1, 0.15) is 39.0 Å². The van der Waals surface area contributed by atoms with E-state index < -0.39 is 11.5 Å². The van der Waals surface area contributed by atoms with E-state index >= 15 is 0 Å². The van der Waals surface area contributed by atoms with Gasteiger partial charge >= 0.3 is 5.97 Å².